The highest BCUT2D eigenvalue weighted by Crippen LogP contribution is 2.38. The van der Waals surface area contributed by atoms with Crippen LogP contribution in [0, 0.1) is 13.8 Å². The van der Waals surface area contributed by atoms with Gasteiger partial charge < -0.3 is 15.1 Å². The van der Waals surface area contributed by atoms with Gasteiger partial charge >= 0.3 is 0 Å². The van der Waals surface area contributed by atoms with E-state index in [1.807, 2.05) is 32.0 Å². The highest BCUT2D eigenvalue weighted by Gasteiger charge is 2.26. The molecule has 10 heteroatoms. The first-order valence-electron chi connectivity index (χ1n) is 11.6. The molecule has 5 rings (SSSR count). The van der Waals surface area contributed by atoms with E-state index in [0.717, 1.165) is 35.7 Å². The summed E-state index contributed by atoms with van der Waals surface area (Å²) in [6.45, 7) is 6.31. The number of rotatable bonds is 6. The molecule has 3 aromatic rings. The minimum Gasteiger partial charge on any atom is -0.353 e. The molecule has 10 nitrogen and oxygen atoms in total. The highest BCUT2D eigenvalue weighted by atomic mass is 16.2. The van der Waals surface area contributed by atoms with Gasteiger partial charge in [-0.1, -0.05) is 0 Å². The van der Waals surface area contributed by atoms with Crippen LogP contribution in [0.15, 0.2) is 41.6 Å². The highest BCUT2D eigenvalue weighted by molar-refractivity contribution is 5.76. The average molecular weight is 461 g/mol. The molecule has 1 amide bonds. The van der Waals surface area contributed by atoms with E-state index >= 15 is 0 Å². The normalized spacial score (nSPS) is 15.9. The molecular weight excluding hydrogens is 432 g/mol. The monoisotopic (exact) mass is 460 g/mol. The molecule has 176 valence electrons. The molecule has 0 bridgehead atoms. The van der Waals surface area contributed by atoms with Crippen LogP contribution in [-0.2, 0) is 11.3 Å². The minimum absolute atomic E-state index is 0.0148. The standard InChI is InChI=1S/C24H28N8O2/c1-16-5-6-25-20(11-16)29-21-13-22(28-17(2)27-21)30-7-9-31(10-8-30)24(34)14-32-15-26-19(12-23(32)33)18-3-4-18/h5-6,11-13,15,18H,3-4,7-10,14H2,1-2H3,(H,25,27,28,29). The Morgan fingerprint density at radius 1 is 1.03 bits per heavy atom. The molecule has 3 aromatic heterocycles. The molecule has 34 heavy (non-hydrogen) atoms. The molecule has 0 spiro atoms. The van der Waals surface area contributed by atoms with E-state index in [0.29, 0.717) is 43.7 Å². The van der Waals surface area contributed by atoms with Gasteiger partial charge in [-0.2, -0.15) is 0 Å². The van der Waals surface area contributed by atoms with E-state index in [1.54, 1.807) is 17.2 Å². The number of hydrogen-bond donors (Lipinski definition) is 1. The Labute approximate surface area is 197 Å². The van der Waals surface area contributed by atoms with Crippen molar-refractivity contribution in [1.82, 2.24) is 29.4 Å². The molecule has 0 unspecified atom stereocenters. The van der Waals surface area contributed by atoms with Crippen molar-refractivity contribution in [3.05, 3.63) is 64.2 Å². The van der Waals surface area contributed by atoms with Crippen molar-refractivity contribution in [2.75, 3.05) is 36.4 Å². The summed E-state index contributed by atoms with van der Waals surface area (Å²) in [6.07, 6.45) is 5.44. The molecule has 0 atom stereocenters. The summed E-state index contributed by atoms with van der Waals surface area (Å²) in [4.78, 5) is 46.9. The van der Waals surface area contributed by atoms with Crippen LogP contribution in [0.2, 0.25) is 0 Å². The van der Waals surface area contributed by atoms with Gasteiger partial charge in [-0.3, -0.25) is 14.2 Å². The van der Waals surface area contributed by atoms with Crippen LogP contribution in [-0.4, -0.2) is 61.5 Å². The molecule has 4 heterocycles. The molecule has 1 N–H and O–H groups in total. The number of carbonyl (C=O) groups is 1. The molecular formula is C24H28N8O2. The SMILES string of the molecule is Cc1ccnc(Nc2cc(N3CCN(C(=O)Cn4cnc(C5CC5)cc4=O)CC3)nc(C)n2)c1. The number of amides is 1. The van der Waals surface area contributed by atoms with E-state index in [-0.39, 0.29) is 18.0 Å². The van der Waals surface area contributed by atoms with E-state index in [4.69, 9.17) is 0 Å². The van der Waals surface area contributed by atoms with Crippen molar-refractivity contribution in [2.45, 2.75) is 39.2 Å². The lowest BCUT2D eigenvalue weighted by Crippen LogP contribution is -2.50. The quantitative estimate of drug-likeness (QED) is 0.595. The van der Waals surface area contributed by atoms with Gasteiger partial charge in [-0.05, 0) is 44.4 Å². The molecule has 1 saturated carbocycles. The predicted octanol–water partition coefficient (Wildman–Crippen LogP) is 2.01. The molecule has 1 aliphatic carbocycles. The van der Waals surface area contributed by atoms with E-state index in [1.165, 1.54) is 10.9 Å². The number of nitrogens with one attached hydrogen (secondary N) is 1. The first-order valence-corrected chi connectivity index (χ1v) is 11.6. The van der Waals surface area contributed by atoms with Gasteiger partial charge in [0.05, 0.1) is 12.0 Å². The summed E-state index contributed by atoms with van der Waals surface area (Å²) >= 11 is 0. The Bertz CT molecular complexity index is 1260. The maximum absolute atomic E-state index is 12.8. The summed E-state index contributed by atoms with van der Waals surface area (Å²) in [7, 11) is 0. The van der Waals surface area contributed by atoms with Gasteiger partial charge in [-0.25, -0.2) is 19.9 Å². The smallest absolute Gasteiger partial charge is 0.254 e. The third-order valence-corrected chi connectivity index (χ3v) is 6.15. The Morgan fingerprint density at radius 3 is 2.53 bits per heavy atom. The number of carbonyl (C=O) groups excluding carboxylic acids is 1. The number of nitrogens with zero attached hydrogens (tertiary/aromatic N) is 7. The maximum atomic E-state index is 12.8. The van der Waals surface area contributed by atoms with Gasteiger partial charge in [0.25, 0.3) is 5.56 Å². The van der Waals surface area contributed by atoms with Crippen LogP contribution in [0.1, 0.15) is 35.8 Å². The van der Waals surface area contributed by atoms with Gasteiger partial charge in [-0.15, -0.1) is 0 Å². The Morgan fingerprint density at radius 2 is 1.82 bits per heavy atom. The summed E-state index contributed by atoms with van der Waals surface area (Å²) in [5.41, 5.74) is 1.79. The molecule has 0 radical (unpaired) electrons. The van der Waals surface area contributed by atoms with Crippen molar-refractivity contribution in [1.29, 1.82) is 0 Å². The van der Waals surface area contributed by atoms with Gasteiger partial charge in [0.1, 0.15) is 29.8 Å². The lowest BCUT2D eigenvalue weighted by atomic mass is 10.3. The lowest BCUT2D eigenvalue weighted by Gasteiger charge is -2.35. The molecule has 2 aliphatic rings. The zero-order valence-electron chi connectivity index (χ0n) is 19.4. The fraction of sp³-hybridized carbons (Fsp3) is 0.417. The summed E-state index contributed by atoms with van der Waals surface area (Å²) in [5, 5.41) is 3.25. The number of pyridine rings is 1. The minimum atomic E-state index is -0.163. The average Bonchev–Trinajstić information content (AvgIpc) is 3.66. The number of anilines is 3. The van der Waals surface area contributed by atoms with Crippen LogP contribution in [0.5, 0.6) is 0 Å². The lowest BCUT2D eigenvalue weighted by molar-refractivity contribution is -0.132. The molecule has 1 aliphatic heterocycles. The van der Waals surface area contributed by atoms with Gasteiger partial charge in [0.15, 0.2) is 0 Å². The summed E-state index contributed by atoms with van der Waals surface area (Å²) in [6, 6.07) is 7.37. The van der Waals surface area contributed by atoms with Crippen LogP contribution in [0.4, 0.5) is 17.5 Å². The van der Waals surface area contributed by atoms with Crippen LogP contribution in [0.3, 0.4) is 0 Å². The van der Waals surface area contributed by atoms with Crippen LogP contribution < -0.4 is 15.8 Å². The fourth-order valence-electron chi connectivity index (χ4n) is 4.11. The fourth-order valence-corrected chi connectivity index (χ4v) is 4.11. The van der Waals surface area contributed by atoms with Crippen LogP contribution >= 0.6 is 0 Å². The Balaban J connectivity index is 1.20. The van der Waals surface area contributed by atoms with Crippen LogP contribution in [0.25, 0.3) is 0 Å². The van der Waals surface area contributed by atoms with Crippen molar-refractivity contribution >= 4 is 23.4 Å². The Kier molecular flexibility index (Phi) is 5.95. The maximum Gasteiger partial charge on any atom is 0.254 e. The predicted molar refractivity (Wildman–Crippen MR) is 128 cm³/mol. The second-order valence-corrected chi connectivity index (χ2v) is 8.92. The van der Waals surface area contributed by atoms with Gasteiger partial charge in [0.2, 0.25) is 5.91 Å². The van der Waals surface area contributed by atoms with Crippen molar-refractivity contribution in [3.8, 4) is 0 Å². The molecule has 0 aromatic carbocycles. The second kappa shape index (κ2) is 9.20. The van der Waals surface area contributed by atoms with Crippen molar-refractivity contribution < 1.29 is 4.79 Å². The topological polar surface area (TPSA) is 109 Å². The van der Waals surface area contributed by atoms with E-state index < -0.39 is 0 Å². The molecule has 1 saturated heterocycles. The number of hydrogen-bond acceptors (Lipinski definition) is 8. The summed E-state index contributed by atoms with van der Waals surface area (Å²) in [5.74, 6) is 3.23. The van der Waals surface area contributed by atoms with E-state index in [9.17, 15) is 9.59 Å². The van der Waals surface area contributed by atoms with Crippen molar-refractivity contribution in [2.24, 2.45) is 0 Å². The third kappa shape index (κ3) is 5.05. The largest absolute Gasteiger partial charge is 0.353 e. The number of aryl methyl sites for hydroxylation is 2. The number of aromatic nitrogens is 5. The first-order chi connectivity index (χ1) is 16.4. The number of piperazine rings is 1. The first kappa shape index (κ1) is 22.0. The van der Waals surface area contributed by atoms with E-state index in [2.05, 4.69) is 30.2 Å². The zero-order valence-corrected chi connectivity index (χ0v) is 19.4. The zero-order chi connectivity index (χ0) is 23.7. The van der Waals surface area contributed by atoms with Crippen molar-refractivity contribution in [3.63, 3.8) is 0 Å². The molecule has 2 fully saturated rings. The Hall–Kier alpha value is -3.82. The third-order valence-electron chi connectivity index (χ3n) is 6.15. The second-order valence-electron chi connectivity index (χ2n) is 8.92. The van der Waals surface area contributed by atoms with Gasteiger partial charge in [0, 0.05) is 50.4 Å². The summed E-state index contributed by atoms with van der Waals surface area (Å²) < 4.78 is 1.39.